The number of hydrogen-bond donors (Lipinski definition) is 1. The molecule has 0 fully saturated rings. The lowest BCUT2D eigenvalue weighted by molar-refractivity contribution is 0.494. The molecule has 120 valence electrons. The number of benzene rings is 1. The van der Waals surface area contributed by atoms with E-state index in [4.69, 9.17) is 17.3 Å². The molecule has 1 unspecified atom stereocenters. The van der Waals surface area contributed by atoms with Crippen molar-refractivity contribution in [2.24, 2.45) is 16.1 Å². The first-order valence-electron chi connectivity index (χ1n) is 7.22. The van der Waals surface area contributed by atoms with Gasteiger partial charge in [0.25, 0.3) is 0 Å². The topological polar surface area (TPSA) is 69.1 Å². The van der Waals surface area contributed by atoms with Crippen molar-refractivity contribution in [1.82, 2.24) is 14.8 Å². The summed E-state index contributed by atoms with van der Waals surface area (Å²) in [5, 5.41) is 5.57. The second-order valence-corrected chi connectivity index (χ2v) is 7.89. The number of amidine groups is 1. The van der Waals surface area contributed by atoms with Crippen LogP contribution in [0.3, 0.4) is 0 Å². The Hall–Kier alpha value is -1.79. The third kappa shape index (κ3) is 3.28. The van der Waals surface area contributed by atoms with Crippen molar-refractivity contribution in [3.05, 3.63) is 53.2 Å². The predicted octanol–water partition coefficient (Wildman–Crippen LogP) is 3.95. The smallest absolute Gasteiger partial charge is 0.159 e. The van der Waals surface area contributed by atoms with Gasteiger partial charge in [-0.1, -0.05) is 56.3 Å². The van der Waals surface area contributed by atoms with Gasteiger partial charge in [0.05, 0.1) is 16.6 Å². The van der Waals surface area contributed by atoms with Gasteiger partial charge in [0, 0.05) is 10.4 Å². The molecule has 0 bridgehead atoms. The molecule has 1 aromatic carbocycles. The summed E-state index contributed by atoms with van der Waals surface area (Å²) in [6, 6.07) is 7.79. The third-order valence-corrected chi connectivity index (χ3v) is 4.82. The third-order valence-electron chi connectivity index (χ3n) is 3.50. The molecule has 1 aliphatic rings. The molecule has 0 saturated carbocycles. The molecule has 0 radical (unpaired) electrons. The summed E-state index contributed by atoms with van der Waals surface area (Å²) in [7, 11) is 0. The molecule has 5 nitrogen and oxygen atoms in total. The van der Waals surface area contributed by atoms with Crippen LogP contribution >= 0.6 is 23.4 Å². The van der Waals surface area contributed by atoms with Crippen LogP contribution in [0, 0.1) is 5.41 Å². The van der Waals surface area contributed by atoms with Crippen molar-refractivity contribution in [2.45, 2.75) is 26.0 Å². The molecular weight excluding hydrogens is 330 g/mol. The van der Waals surface area contributed by atoms with E-state index in [2.05, 4.69) is 35.8 Å². The highest BCUT2D eigenvalue weighted by atomic mass is 35.5. The zero-order valence-corrected chi connectivity index (χ0v) is 14.8. The Morgan fingerprint density at radius 3 is 2.48 bits per heavy atom. The monoisotopic (exact) mass is 347 g/mol. The van der Waals surface area contributed by atoms with Crippen LogP contribution in [0.15, 0.2) is 47.6 Å². The fraction of sp³-hybridized carbons (Fsp3) is 0.312. The van der Waals surface area contributed by atoms with Crippen molar-refractivity contribution < 1.29 is 0 Å². The standard InChI is InChI=1S/C16H18ClN5S/c1-16(2,3)14-12(22-9-19-8-20-22)13(23-15(18)21-14)10-4-6-11(17)7-5-10/h4-9,13H,1-3H3,(H2,18,21). The number of nitrogens with two attached hydrogens (primary N) is 1. The molecule has 0 spiro atoms. The summed E-state index contributed by atoms with van der Waals surface area (Å²) in [6.45, 7) is 6.35. The van der Waals surface area contributed by atoms with Crippen LogP contribution in [-0.2, 0) is 0 Å². The van der Waals surface area contributed by atoms with Gasteiger partial charge in [0.2, 0.25) is 0 Å². The first-order chi connectivity index (χ1) is 10.9. The summed E-state index contributed by atoms with van der Waals surface area (Å²) >= 11 is 7.53. The maximum Gasteiger partial charge on any atom is 0.159 e. The second kappa shape index (κ2) is 6.02. The quantitative estimate of drug-likeness (QED) is 0.893. The largest absolute Gasteiger partial charge is 0.378 e. The molecule has 2 heterocycles. The number of nitrogens with zero attached hydrogens (tertiary/aromatic N) is 4. The zero-order chi connectivity index (χ0) is 16.6. The van der Waals surface area contributed by atoms with Gasteiger partial charge in [0.1, 0.15) is 12.7 Å². The Morgan fingerprint density at radius 1 is 1.22 bits per heavy atom. The van der Waals surface area contributed by atoms with Gasteiger partial charge >= 0.3 is 0 Å². The van der Waals surface area contributed by atoms with Crippen LogP contribution in [0.25, 0.3) is 5.70 Å². The average molecular weight is 348 g/mol. The van der Waals surface area contributed by atoms with Gasteiger partial charge in [-0.25, -0.2) is 14.7 Å². The van der Waals surface area contributed by atoms with Crippen LogP contribution in [0.2, 0.25) is 5.02 Å². The number of allylic oxidation sites excluding steroid dienone is 1. The van der Waals surface area contributed by atoms with Gasteiger partial charge in [-0.2, -0.15) is 5.10 Å². The maximum atomic E-state index is 6.10. The summed E-state index contributed by atoms with van der Waals surface area (Å²) < 4.78 is 1.78. The second-order valence-electron chi connectivity index (χ2n) is 6.32. The molecule has 0 aliphatic carbocycles. The molecular formula is C16H18ClN5S. The highest BCUT2D eigenvalue weighted by Crippen LogP contribution is 2.47. The Labute approximate surface area is 144 Å². The fourth-order valence-corrected chi connectivity index (χ4v) is 3.61. The van der Waals surface area contributed by atoms with Crippen molar-refractivity contribution in [2.75, 3.05) is 0 Å². The number of aliphatic imine (C=N–C) groups is 1. The van der Waals surface area contributed by atoms with Gasteiger partial charge in [-0.05, 0) is 17.7 Å². The number of rotatable bonds is 2. The minimum Gasteiger partial charge on any atom is -0.378 e. The lowest BCUT2D eigenvalue weighted by atomic mass is 9.89. The van der Waals surface area contributed by atoms with Crippen LogP contribution in [0.1, 0.15) is 31.6 Å². The van der Waals surface area contributed by atoms with Crippen LogP contribution in [-0.4, -0.2) is 19.9 Å². The van der Waals surface area contributed by atoms with E-state index >= 15 is 0 Å². The average Bonchev–Trinajstić information content (AvgIpc) is 3.00. The fourth-order valence-electron chi connectivity index (χ4n) is 2.47. The first-order valence-corrected chi connectivity index (χ1v) is 8.48. The first kappa shape index (κ1) is 16.1. The van der Waals surface area contributed by atoms with Crippen molar-refractivity contribution in [3.8, 4) is 0 Å². The molecule has 1 aliphatic heterocycles. The van der Waals surface area contributed by atoms with E-state index in [1.807, 2.05) is 24.3 Å². The Kier molecular flexibility index (Phi) is 4.21. The van der Waals surface area contributed by atoms with Gasteiger partial charge in [-0.15, -0.1) is 0 Å². The van der Waals surface area contributed by atoms with E-state index < -0.39 is 0 Å². The van der Waals surface area contributed by atoms with E-state index in [9.17, 15) is 0 Å². The maximum absolute atomic E-state index is 6.10. The normalized spacial score (nSPS) is 19.0. The summed E-state index contributed by atoms with van der Waals surface area (Å²) in [4.78, 5) is 8.69. The molecule has 3 rings (SSSR count). The van der Waals surface area contributed by atoms with Crippen LogP contribution in [0.4, 0.5) is 0 Å². The highest BCUT2D eigenvalue weighted by Gasteiger charge is 2.33. The van der Waals surface area contributed by atoms with E-state index in [-0.39, 0.29) is 10.7 Å². The minimum atomic E-state index is -0.169. The van der Waals surface area contributed by atoms with E-state index in [0.29, 0.717) is 10.2 Å². The predicted molar refractivity (Wildman–Crippen MR) is 96.1 cm³/mol. The van der Waals surface area contributed by atoms with E-state index in [0.717, 1.165) is 17.0 Å². The molecule has 0 saturated heterocycles. The molecule has 2 N–H and O–H groups in total. The summed E-state index contributed by atoms with van der Waals surface area (Å²) in [5.74, 6) is 0. The van der Waals surface area contributed by atoms with Gasteiger partial charge in [-0.3, -0.25) is 0 Å². The Balaban J connectivity index is 2.20. The van der Waals surface area contributed by atoms with Crippen LogP contribution in [0.5, 0.6) is 0 Å². The summed E-state index contributed by atoms with van der Waals surface area (Å²) in [6.07, 6.45) is 3.22. The molecule has 0 amide bonds. The lowest BCUT2D eigenvalue weighted by Gasteiger charge is -2.31. The molecule has 23 heavy (non-hydrogen) atoms. The van der Waals surface area contributed by atoms with Crippen molar-refractivity contribution in [1.29, 1.82) is 0 Å². The minimum absolute atomic E-state index is 0.0132. The number of aromatic nitrogens is 3. The molecule has 1 atom stereocenters. The number of thioether (sulfide) groups is 1. The van der Waals surface area contributed by atoms with E-state index in [1.165, 1.54) is 18.1 Å². The van der Waals surface area contributed by atoms with Crippen molar-refractivity contribution >= 4 is 34.2 Å². The van der Waals surface area contributed by atoms with Crippen molar-refractivity contribution in [3.63, 3.8) is 0 Å². The summed E-state index contributed by atoms with van der Waals surface area (Å²) in [5.41, 5.74) is 8.93. The van der Waals surface area contributed by atoms with E-state index in [1.54, 1.807) is 11.0 Å². The van der Waals surface area contributed by atoms with Gasteiger partial charge < -0.3 is 5.73 Å². The van der Waals surface area contributed by atoms with Gasteiger partial charge in [0.15, 0.2) is 5.17 Å². The Bertz CT molecular complexity index is 757. The Morgan fingerprint density at radius 2 is 1.91 bits per heavy atom. The molecule has 1 aromatic heterocycles. The number of halogens is 1. The van der Waals surface area contributed by atoms with Crippen LogP contribution < -0.4 is 5.73 Å². The lowest BCUT2D eigenvalue weighted by Crippen LogP contribution is -2.24. The number of hydrogen-bond acceptors (Lipinski definition) is 5. The zero-order valence-electron chi connectivity index (χ0n) is 13.2. The SMILES string of the molecule is CC(C)(C)C1=C(n2cncn2)C(c2ccc(Cl)cc2)SC(N)=N1. The molecule has 7 heteroatoms. The highest BCUT2D eigenvalue weighted by molar-refractivity contribution is 8.14. The molecule has 2 aromatic rings.